The van der Waals surface area contributed by atoms with E-state index in [2.05, 4.69) is 34.7 Å². The maximum absolute atomic E-state index is 5.43. The Morgan fingerprint density at radius 2 is 1.95 bits per heavy atom. The van der Waals surface area contributed by atoms with E-state index < -0.39 is 0 Å². The van der Waals surface area contributed by atoms with E-state index in [1.54, 1.807) is 13.3 Å². The first-order valence-corrected chi connectivity index (χ1v) is 7.11. The molecule has 0 bridgehead atoms. The van der Waals surface area contributed by atoms with Crippen LogP contribution in [0, 0.1) is 0 Å². The van der Waals surface area contributed by atoms with Crippen molar-refractivity contribution >= 4 is 10.8 Å². The highest BCUT2D eigenvalue weighted by atomic mass is 16.5. The summed E-state index contributed by atoms with van der Waals surface area (Å²) in [5.41, 5.74) is 1.28. The standard InChI is InChI=1S/C17H19N3O/c1-21-17-8-7-14(15-5-2-3-6-16(15)17)13-18-10-12-20-11-4-9-19-20/h2-9,11,18H,10,12-13H2,1H3. The maximum Gasteiger partial charge on any atom is 0.126 e. The van der Waals surface area contributed by atoms with Gasteiger partial charge < -0.3 is 10.1 Å². The zero-order chi connectivity index (χ0) is 14.5. The number of aromatic nitrogens is 2. The molecule has 3 rings (SSSR count). The van der Waals surface area contributed by atoms with E-state index in [4.69, 9.17) is 4.74 Å². The predicted molar refractivity (Wildman–Crippen MR) is 84.4 cm³/mol. The first-order valence-electron chi connectivity index (χ1n) is 7.11. The maximum atomic E-state index is 5.43. The quantitative estimate of drug-likeness (QED) is 0.706. The molecule has 0 aliphatic carbocycles. The van der Waals surface area contributed by atoms with Crippen LogP contribution in [0.25, 0.3) is 10.8 Å². The highest BCUT2D eigenvalue weighted by Gasteiger charge is 2.05. The topological polar surface area (TPSA) is 39.1 Å². The molecular weight excluding hydrogens is 262 g/mol. The zero-order valence-corrected chi connectivity index (χ0v) is 12.1. The normalized spacial score (nSPS) is 10.9. The molecule has 3 aromatic rings. The highest BCUT2D eigenvalue weighted by Crippen LogP contribution is 2.28. The summed E-state index contributed by atoms with van der Waals surface area (Å²) in [6.45, 7) is 2.61. The van der Waals surface area contributed by atoms with Crippen molar-refractivity contribution in [3.63, 3.8) is 0 Å². The highest BCUT2D eigenvalue weighted by molar-refractivity contribution is 5.91. The summed E-state index contributed by atoms with van der Waals surface area (Å²) in [5, 5.41) is 10.1. The van der Waals surface area contributed by atoms with E-state index in [9.17, 15) is 0 Å². The van der Waals surface area contributed by atoms with Gasteiger partial charge in [-0.2, -0.15) is 5.10 Å². The van der Waals surface area contributed by atoms with Crippen molar-refractivity contribution in [2.24, 2.45) is 0 Å². The largest absolute Gasteiger partial charge is 0.496 e. The first kappa shape index (κ1) is 13.6. The van der Waals surface area contributed by atoms with Crippen LogP contribution >= 0.6 is 0 Å². The molecule has 0 aliphatic heterocycles. The molecule has 1 heterocycles. The van der Waals surface area contributed by atoms with Crippen LogP contribution in [0.2, 0.25) is 0 Å². The molecule has 21 heavy (non-hydrogen) atoms. The Balaban J connectivity index is 1.69. The average Bonchev–Trinajstić information content (AvgIpc) is 3.05. The van der Waals surface area contributed by atoms with Gasteiger partial charge in [0, 0.05) is 30.9 Å². The molecule has 4 heteroatoms. The number of nitrogens with one attached hydrogen (secondary N) is 1. The van der Waals surface area contributed by atoms with Gasteiger partial charge in [-0.1, -0.05) is 30.3 Å². The van der Waals surface area contributed by atoms with E-state index in [1.807, 2.05) is 29.1 Å². The summed E-state index contributed by atoms with van der Waals surface area (Å²) in [7, 11) is 1.71. The number of benzene rings is 2. The molecule has 0 fully saturated rings. The van der Waals surface area contributed by atoms with Crippen molar-refractivity contribution < 1.29 is 4.74 Å². The second kappa shape index (κ2) is 6.41. The summed E-state index contributed by atoms with van der Waals surface area (Å²) in [6, 6.07) is 14.4. The molecule has 0 unspecified atom stereocenters. The Kier molecular flexibility index (Phi) is 4.17. The van der Waals surface area contributed by atoms with Gasteiger partial charge in [-0.3, -0.25) is 4.68 Å². The summed E-state index contributed by atoms with van der Waals surface area (Å²) in [4.78, 5) is 0. The Bertz CT molecular complexity index is 707. The fourth-order valence-electron chi connectivity index (χ4n) is 2.52. The summed E-state index contributed by atoms with van der Waals surface area (Å²) in [6.07, 6.45) is 3.78. The third-order valence-electron chi connectivity index (χ3n) is 3.59. The van der Waals surface area contributed by atoms with Gasteiger partial charge in [0.2, 0.25) is 0 Å². The molecule has 0 atom stereocenters. The van der Waals surface area contributed by atoms with E-state index >= 15 is 0 Å². The average molecular weight is 281 g/mol. The molecule has 1 aromatic heterocycles. The van der Waals surface area contributed by atoms with Gasteiger partial charge in [0.25, 0.3) is 0 Å². The second-order valence-electron chi connectivity index (χ2n) is 4.92. The number of ether oxygens (including phenoxy) is 1. The minimum atomic E-state index is 0.839. The van der Waals surface area contributed by atoms with Gasteiger partial charge >= 0.3 is 0 Å². The summed E-state index contributed by atoms with van der Waals surface area (Å²) < 4.78 is 7.35. The van der Waals surface area contributed by atoms with Gasteiger partial charge in [0.05, 0.1) is 13.7 Å². The minimum Gasteiger partial charge on any atom is -0.496 e. The lowest BCUT2D eigenvalue weighted by Crippen LogP contribution is -2.19. The van der Waals surface area contributed by atoms with Crippen LogP contribution in [-0.4, -0.2) is 23.4 Å². The number of hydrogen-bond donors (Lipinski definition) is 1. The Labute approximate surface area is 124 Å². The van der Waals surface area contributed by atoms with Gasteiger partial charge in [0.15, 0.2) is 0 Å². The van der Waals surface area contributed by atoms with Crippen LogP contribution < -0.4 is 10.1 Å². The molecular formula is C17H19N3O. The summed E-state index contributed by atoms with van der Waals surface area (Å²) in [5.74, 6) is 0.922. The van der Waals surface area contributed by atoms with Crippen LogP contribution in [0.5, 0.6) is 5.75 Å². The van der Waals surface area contributed by atoms with Gasteiger partial charge in [-0.25, -0.2) is 0 Å². The third-order valence-corrected chi connectivity index (χ3v) is 3.59. The van der Waals surface area contributed by atoms with Crippen molar-refractivity contribution in [3.8, 4) is 5.75 Å². The zero-order valence-electron chi connectivity index (χ0n) is 12.1. The van der Waals surface area contributed by atoms with E-state index in [0.29, 0.717) is 0 Å². The fourth-order valence-corrected chi connectivity index (χ4v) is 2.52. The summed E-state index contributed by atoms with van der Waals surface area (Å²) >= 11 is 0. The Hall–Kier alpha value is -2.33. The monoisotopic (exact) mass is 281 g/mol. The molecule has 0 saturated heterocycles. The van der Waals surface area contributed by atoms with Crippen molar-refractivity contribution in [2.75, 3.05) is 13.7 Å². The SMILES string of the molecule is COc1ccc(CNCCn2cccn2)c2ccccc12. The number of fused-ring (bicyclic) bond motifs is 1. The molecule has 0 amide bonds. The molecule has 4 nitrogen and oxygen atoms in total. The van der Waals surface area contributed by atoms with Crippen LogP contribution in [0.3, 0.4) is 0 Å². The smallest absolute Gasteiger partial charge is 0.126 e. The number of nitrogens with zero attached hydrogens (tertiary/aromatic N) is 2. The van der Waals surface area contributed by atoms with E-state index in [-0.39, 0.29) is 0 Å². The van der Waals surface area contributed by atoms with E-state index in [0.717, 1.165) is 30.8 Å². The molecule has 2 aromatic carbocycles. The number of rotatable bonds is 6. The van der Waals surface area contributed by atoms with Crippen LogP contribution in [-0.2, 0) is 13.1 Å². The molecule has 1 N–H and O–H groups in total. The van der Waals surface area contributed by atoms with Crippen LogP contribution in [0.15, 0.2) is 54.9 Å². The van der Waals surface area contributed by atoms with Crippen molar-refractivity contribution in [1.82, 2.24) is 15.1 Å². The van der Waals surface area contributed by atoms with Crippen molar-refractivity contribution in [3.05, 3.63) is 60.4 Å². The van der Waals surface area contributed by atoms with E-state index in [1.165, 1.54) is 10.9 Å². The first-order chi connectivity index (χ1) is 10.4. The lowest BCUT2D eigenvalue weighted by Gasteiger charge is -2.11. The molecule has 0 saturated carbocycles. The third kappa shape index (κ3) is 3.06. The van der Waals surface area contributed by atoms with Crippen molar-refractivity contribution in [2.45, 2.75) is 13.1 Å². The van der Waals surface area contributed by atoms with Crippen LogP contribution in [0.4, 0.5) is 0 Å². The lowest BCUT2D eigenvalue weighted by atomic mass is 10.0. The minimum absolute atomic E-state index is 0.839. The Morgan fingerprint density at radius 1 is 1.10 bits per heavy atom. The fraction of sp³-hybridized carbons (Fsp3) is 0.235. The molecule has 108 valence electrons. The lowest BCUT2D eigenvalue weighted by molar-refractivity contribution is 0.419. The van der Waals surface area contributed by atoms with Gasteiger partial charge in [-0.05, 0) is 23.1 Å². The van der Waals surface area contributed by atoms with Crippen LogP contribution in [0.1, 0.15) is 5.56 Å². The Morgan fingerprint density at radius 3 is 2.71 bits per heavy atom. The number of hydrogen-bond acceptors (Lipinski definition) is 3. The molecule has 0 aliphatic rings. The van der Waals surface area contributed by atoms with Gasteiger partial charge in [-0.15, -0.1) is 0 Å². The molecule has 0 radical (unpaired) electrons. The molecule has 0 spiro atoms. The van der Waals surface area contributed by atoms with Crippen molar-refractivity contribution in [1.29, 1.82) is 0 Å². The predicted octanol–water partition coefficient (Wildman–Crippen LogP) is 2.83. The second-order valence-corrected chi connectivity index (χ2v) is 4.92. The van der Waals surface area contributed by atoms with Gasteiger partial charge in [0.1, 0.15) is 5.75 Å². The number of methoxy groups -OCH3 is 1.